The molecule has 0 amide bonds. The smallest absolute Gasteiger partial charge is 0.103 e. The Hall–Kier alpha value is -0.150. The van der Waals surface area contributed by atoms with Crippen LogP contribution in [0.1, 0.15) is 86.5 Å². The van der Waals surface area contributed by atoms with Gasteiger partial charge in [-0.25, -0.2) is 4.39 Å². The van der Waals surface area contributed by atoms with Crippen molar-refractivity contribution in [3.8, 4) is 0 Å². The summed E-state index contributed by atoms with van der Waals surface area (Å²) in [5.41, 5.74) is 6.64. The van der Waals surface area contributed by atoms with E-state index in [4.69, 9.17) is 5.73 Å². The first-order chi connectivity index (χ1) is 11.9. The molecule has 1 rings (SSSR count). The maximum atomic E-state index is 13.9. The minimum Gasteiger partial charge on any atom is -0.316 e. The first-order valence-corrected chi connectivity index (χ1v) is 11.0. The summed E-state index contributed by atoms with van der Waals surface area (Å²) in [6.07, 6.45) is 7.24. The van der Waals surface area contributed by atoms with Gasteiger partial charge in [-0.15, -0.1) is 0 Å². The van der Waals surface area contributed by atoms with Crippen molar-refractivity contribution in [1.82, 2.24) is 5.32 Å². The molecule has 0 heterocycles. The maximum absolute atomic E-state index is 13.9. The Morgan fingerprint density at radius 2 is 1.72 bits per heavy atom. The fraction of sp³-hybridized carbons (Fsp3) is 1.00. The van der Waals surface area contributed by atoms with E-state index in [2.05, 4.69) is 46.9 Å². The summed E-state index contributed by atoms with van der Waals surface area (Å²) in [6, 6.07) is 0. The molecule has 25 heavy (non-hydrogen) atoms. The van der Waals surface area contributed by atoms with Crippen LogP contribution in [-0.4, -0.2) is 18.9 Å². The lowest BCUT2D eigenvalue weighted by atomic mass is 9.64. The molecule has 1 saturated carbocycles. The molecular formula is C22H45FN2. The van der Waals surface area contributed by atoms with Crippen molar-refractivity contribution in [1.29, 1.82) is 0 Å². The monoisotopic (exact) mass is 356 g/mol. The standard InChI is InChI=1S/C22H45FN2/c1-7-10-15(4)21(22(24)25-9-3)19(11-8-2)17(6)18-12-13-20(23)16(5)14-18/h15-22,25H,7-14,24H2,1-6H3. The van der Waals surface area contributed by atoms with E-state index < -0.39 is 6.17 Å². The van der Waals surface area contributed by atoms with Crippen LogP contribution in [0.15, 0.2) is 0 Å². The van der Waals surface area contributed by atoms with Gasteiger partial charge in [0.05, 0.1) is 6.17 Å². The first-order valence-electron chi connectivity index (χ1n) is 11.0. The summed E-state index contributed by atoms with van der Waals surface area (Å²) in [5.74, 6) is 3.28. The van der Waals surface area contributed by atoms with E-state index >= 15 is 0 Å². The zero-order valence-corrected chi connectivity index (χ0v) is 17.7. The van der Waals surface area contributed by atoms with Gasteiger partial charge in [0, 0.05) is 0 Å². The van der Waals surface area contributed by atoms with E-state index in [0.29, 0.717) is 29.6 Å². The molecule has 3 N–H and O–H groups in total. The Balaban J connectivity index is 2.97. The molecule has 3 heteroatoms. The van der Waals surface area contributed by atoms with Crippen LogP contribution >= 0.6 is 0 Å². The molecule has 1 fully saturated rings. The Morgan fingerprint density at radius 1 is 1.08 bits per heavy atom. The zero-order chi connectivity index (χ0) is 19.0. The summed E-state index contributed by atoms with van der Waals surface area (Å²) in [5, 5.41) is 3.52. The molecule has 1 aliphatic carbocycles. The van der Waals surface area contributed by atoms with Crippen molar-refractivity contribution < 1.29 is 4.39 Å². The molecule has 1 aliphatic rings. The highest BCUT2D eigenvalue weighted by molar-refractivity contribution is 4.89. The summed E-state index contributed by atoms with van der Waals surface area (Å²) in [4.78, 5) is 0. The topological polar surface area (TPSA) is 38.0 Å². The van der Waals surface area contributed by atoms with Crippen LogP contribution in [0.3, 0.4) is 0 Å². The summed E-state index contributed by atoms with van der Waals surface area (Å²) >= 11 is 0. The predicted molar refractivity (Wildman–Crippen MR) is 108 cm³/mol. The number of hydrogen-bond acceptors (Lipinski definition) is 2. The largest absolute Gasteiger partial charge is 0.316 e. The highest BCUT2D eigenvalue weighted by atomic mass is 19.1. The number of nitrogens with one attached hydrogen (secondary N) is 1. The quantitative estimate of drug-likeness (QED) is 0.462. The van der Waals surface area contributed by atoms with Gasteiger partial charge in [-0.1, -0.05) is 67.2 Å². The average molecular weight is 357 g/mol. The minimum atomic E-state index is -0.591. The van der Waals surface area contributed by atoms with Gasteiger partial charge in [0.1, 0.15) is 6.17 Å². The highest BCUT2D eigenvalue weighted by Crippen LogP contribution is 2.43. The molecule has 0 aliphatic heterocycles. The third kappa shape index (κ3) is 6.50. The van der Waals surface area contributed by atoms with Gasteiger partial charge in [0.15, 0.2) is 0 Å². The Bertz CT molecular complexity index is 337. The molecule has 0 aromatic carbocycles. The van der Waals surface area contributed by atoms with E-state index in [-0.39, 0.29) is 12.1 Å². The van der Waals surface area contributed by atoms with E-state index in [1.54, 1.807) is 0 Å². The SMILES string of the molecule is CCCC(C)C(C(N)NCC)C(CCC)C(C)C1CCC(F)C(C)C1. The third-order valence-electron chi connectivity index (χ3n) is 6.90. The fourth-order valence-electron chi connectivity index (χ4n) is 5.43. The van der Waals surface area contributed by atoms with Gasteiger partial charge < -0.3 is 11.1 Å². The van der Waals surface area contributed by atoms with Crippen LogP contribution < -0.4 is 11.1 Å². The second-order valence-corrected chi connectivity index (χ2v) is 8.80. The number of alkyl halides is 1. The average Bonchev–Trinajstić information content (AvgIpc) is 2.56. The van der Waals surface area contributed by atoms with Gasteiger partial charge in [0.25, 0.3) is 0 Å². The Morgan fingerprint density at radius 3 is 2.24 bits per heavy atom. The van der Waals surface area contributed by atoms with E-state index in [1.807, 2.05) is 0 Å². The third-order valence-corrected chi connectivity index (χ3v) is 6.90. The zero-order valence-electron chi connectivity index (χ0n) is 17.7. The van der Waals surface area contributed by atoms with Crippen molar-refractivity contribution in [3.05, 3.63) is 0 Å². The molecule has 8 unspecified atom stereocenters. The van der Waals surface area contributed by atoms with Gasteiger partial charge in [-0.05, 0) is 61.3 Å². The lowest BCUT2D eigenvalue weighted by Gasteiger charge is -2.44. The Kier molecular flexibility index (Phi) is 10.6. The molecule has 8 atom stereocenters. The van der Waals surface area contributed by atoms with Crippen LogP contribution in [0, 0.1) is 35.5 Å². The number of halogens is 1. The normalized spacial score (nSPS) is 30.5. The summed E-state index contributed by atoms with van der Waals surface area (Å²) < 4.78 is 13.9. The summed E-state index contributed by atoms with van der Waals surface area (Å²) in [7, 11) is 0. The highest BCUT2D eigenvalue weighted by Gasteiger charge is 2.39. The van der Waals surface area contributed by atoms with Crippen LogP contribution in [0.25, 0.3) is 0 Å². The van der Waals surface area contributed by atoms with Crippen LogP contribution in [-0.2, 0) is 0 Å². The van der Waals surface area contributed by atoms with Crippen molar-refractivity contribution in [2.45, 2.75) is 98.8 Å². The molecule has 150 valence electrons. The second-order valence-electron chi connectivity index (χ2n) is 8.80. The molecule has 2 nitrogen and oxygen atoms in total. The van der Waals surface area contributed by atoms with Crippen molar-refractivity contribution in [3.63, 3.8) is 0 Å². The lowest BCUT2D eigenvalue weighted by molar-refractivity contribution is 0.0468. The summed E-state index contributed by atoms with van der Waals surface area (Å²) in [6.45, 7) is 14.6. The molecule has 0 spiro atoms. The van der Waals surface area contributed by atoms with Crippen molar-refractivity contribution in [2.24, 2.45) is 41.2 Å². The molecule has 0 saturated heterocycles. The Labute approximate surface area is 156 Å². The lowest BCUT2D eigenvalue weighted by Crippen LogP contribution is -2.51. The number of nitrogens with two attached hydrogens (primary N) is 1. The fourth-order valence-corrected chi connectivity index (χ4v) is 5.43. The van der Waals surface area contributed by atoms with Crippen molar-refractivity contribution >= 4 is 0 Å². The first kappa shape index (κ1) is 22.9. The van der Waals surface area contributed by atoms with Gasteiger partial charge in [-0.2, -0.15) is 0 Å². The molecule has 0 radical (unpaired) electrons. The second kappa shape index (κ2) is 11.5. The molecule has 0 bridgehead atoms. The maximum Gasteiger partial charge on any atom is 0.103 e. The van der Waals surface area contributed by atoms with Gasteiger partial charge in [0.2, 0.25) is 0 Å². The molecule has 0 aromatic rings. The molecule has 0 aromatic heterocycles. The van der Waals surface area contributed by atoms with Gasteiger partial charge in [-0.3, -0.25) is 0 Å². The van der Waals surface area contributed by atoms with Crippen LogP contribution in [0.2, 0.25) is 0 Å². The van der Waals surface area contributed by atoms with Gasteiger partial charge >= 0.3 is 0 Å². The van der Waals surface area contributed by atoms with Crippen LogP contribution in [0.4, 0.5) is 4.39 Å². The van der Waals surface area contributed by atoms with Crippen LogP contribution in [0.5, 0.6) is 0 Å². The predicted octanol–water partition coefficient (Wildman–Crippen LogP) is 5.76. The van der Waals surface area contributed by atoms with E-state index in [9.17, 15) is 4.39 Å². The van der Waals surface area contributed by atoms with E-state index in [1.165, 1.54) is 25.7 Å². The minimum absolute atomic E-state index is 0.0699. The van der Waals surface area contributed by atoms with Crippen molar-refractivity contribution in [2.75, 3.05) is 6.54 Å². The number of hydrogen-bond donors (Lipinski definition) is 2. The number of rotatable bonds is 11. The van der Waals surface area contributed by atoms with E-state index in [0.717, 1.165) is 25.8 Å². The molecular weight excluding hydrogens is 311 g/mol.